The van der Waals surface area contributed by atoms with Crippen molar-refractivity contribution in [3.05, 3.63) is 6.92 Å². The summed E-state index contributed by atoms with van der Waals surface area (Å²) in [6.07, 6.45) is 4.88. The minimum absolute atomic E-state index is 1.08. The van der Waals surface area contributed by atoms with Gasteiger partial charge in [0.15, 0.2) is 0 Å². The average molecular weight is 184 g/mol. The molecule has 0 N–H and O–H groups in total. The molecule has 0 bridgehead atoms. The molecule has 0 aliphatic rings. The molecule has 0 atom stereocenters. The minimum atomic E-state index is 1.08. The molecule has 0 nitrogen and oxygen atoms in total. The van der Waals surface area contributed by atoms with Gasteiger partial charge < -0.3 is 0 Å². The molecule has 7 heavy (non-hydrogen) atoms. The Morgan fingerprint density at radius 3 is 2.57 bits per heavy atom. The van der Waals surface area contributed by atoms with Crippen molar-refractivity contribution in [2.45, 2.75) is 25.7 Å². The van der Waals surface area contributed by atoms with Gasteiger partial charge in [0.25, 0.3) is 0 Å². The van der Waals surface area contributed by atoms with Crippen molar-refractivity contribution in [3.63, 3.8) is 0 Å². The first-order chi connectivity index (χ1) is 3.41. The van der Waals surface area contributed by atoms with Crippen molar-refractivity contribution in [1.82, 2.24) is 0 Å². The van der Waals surface area contributed by atoms with Crippen molar-refractivity contribution in [1.29, 1.82) is 0 Å². The zero-order valence-corrected chi connectivity index (χ0v) is 6.20. The molecular formula is C6H11Ru. The zero-order chi connectivity index (χ0) is 5.54. The average Bonchev–Trinajstić information content (AvgIpc) is 1.69. The van der Waals surface area contributed by atoms with E-state index in [2.05, 4.69) is 29.4 Å². The van der Waals surface area contributed by atoms with Gasteiger partial charge in [-0.05, 0) is 0 Å². The van der Waals surface area contributed by atoms with Gasteiger partial charge in [0, 0.05) is 0 Å². The van der Waals surface area contributed by atoms with E-state index in [1.165, 1.54) is 19.3 Å². The Morgan fingerprint density at radius 2 is 2.14 bits per heavy atom. The maximum absolute atomic E-state index is 3.74. The van der Waals surface area contributed by atoms with Crippen LogP contribution in [0.3, 0.4) is 0 Å². The summed E-state index contributed by atoms with van der Waals surface area (Å²) in [6, 6.07) is 0. The molecule has 0 radical (unpaired) electrons. The van der Waals surface area contributed by atoms with Crippen molar-refractivity contribution >= 4 is 4.61 Å². The second-order valence-electron chi connectivity index (χ2n) is 1.49. The van der Waals surface area contributed by atoms with E-state index in [1.807, 2.05) is 0 Å². The Hall–Kier alpha value is 0.493. The summed E-state index contributed by atoms with van der Waals surface area (Å²) in [5.41, 5.74) is 0. The summed E-state index contributed by atoms with van der Waals surface area (Å²) < 4.78 is 2.13. The zero-order valence-electron chi connectivity index (χ0n) is 4.47. The fraction of sp³-hybridized carbons (Fsp3) is 0.667. The van der Waals surface area contributed by atoms with E-state index >= 15 is 0 Å². The van der Waals surface area contributed by atoms with Crippen LogP contribution in [0.5, 0.6) is 0 Å². The standard InChI is InChI=1S/C6H11.Ru/c1-3-5-6-4-2;/h1H,2-6H2;/q-1;+1. The number of hydrogen-bond acceptors (Lipinski definition) is 0. The van der Waals surface area contributed by atoms with Crippen LogP contribution in [0.1, 0.15) is 25.7 Å². The first kappa shape index (κ1) is 7.49. The van der Waals surface area contributed by atoms with E-state index in [0.29, 0.717) is 0 Å². The van der Waals surface area contributed by atoms with Crippen LogP contribution >= 0.6 is 0 Å². The summed E-state index contributed by atoms with van der Waals surface area (Å²) in [5.74, 6) is 0. The molecule has 0 rings (SSSR count). The third kappa shape index (κ3) is 6.49. The second kappa shape index (κ2) is 6.49. The predicted octanol–water partition coefficient (Wildman–Crippen LogP) is 1.73. The van der Waals surface area contributed by atoms with Crippen LogP contribution in [0.2, 0.25) is 0 Å². The van der Waals surface area contributed by atoms with Crippen LogP contribution in [0.4, 0.5) is 0 Å². The topological polar surface area (TPSA) is 0 Å². The maximum atomic E-state index is 3.74. The molecule has 0 unspecified atom stereocenters. The Kier molecular flexibility index (Phi) is 6.95. The summed E-state index contributed by atoms with van der Waals surface area (Å²) in [6.45, 7) is 3.74. The molecule has 0 spiro atoms. The van der Waals surface area contributed by atoms with Crippen LogP contribution in [-0.2, 0) is 17.9 Å². The molecule has 1 heteroatoms. The van der Waals surface area contributed by atoms with Gasteiger partial charge in [-0.2, -0.15) is 0 Å². The molecule has 0 aromatic carbocycles. The number of rotatable bonds is 4. The van der Waals surface area contributed by atoms with Gasteiger partial charge in [-0.15, -0.1) is 0 Å². The van der Waals surface area contributed by atoms with E-state index in [0.717, 1.165) is 6.42 Å². The van der Waals surface area contributed by atoms with Crippen LogP contribution in [0.25, 0.3) is 0 Å². The van der Waals surface area contributed by atoms with Crippen LogP contribution < -0.4 is 0 Å². The number of hydrogen-bond donors (Lipinski definition) is 0. The van der Waals surface area contributed by atoms with Gasteiger partial charge in [-0.1, -0.05) is 0 Å². The van der Waals surface area contributed by atoms with Crippen molar-refractivity contribution in [2.75, 3.05) is 0 Å². The van der Waals surface area contributed by atoms with E-state index in [-0.39, 0.29) is 0 Å². The van der Waals surface area contributed by atoms with E-state index in [1.54, 1.807) is 0 Å². The van der Waals surface area contributed by atoms with Crippen molar-refractivity contribution in [2.24, 2.45) is 0 Å². The molecule has 0 heterocycles. The summed E-state index contributed by atoms with van der Waals surface area (Å²) >= 11 is 2.52. The normalized spacial score (nSPS) is 8.71. The molecule has 0 aromatic rings. The fourth-order valence-electron chi connectivity index (χ4n) is 0.393. The summed E-state index contributed by atoms with van der Waals surface area (Å²) in [4.78, 5) is 0. The molecule has 0 aliphatic heterocycles. The molecule has 0 aliphatic carbocycles. The fourth-order valence-corrected chi connectivity index (χ4v) is 0.748. The monoisotopic (exact) mass is 185 g/mol. The second-order valence-corrected chi connectivity index (χ2v) is 2.20. The molecular weight excluding hydrogens is 173 g/mol. The molecule has 0 saturated carbocycles. The third-order valence-electron chi connectivity index (χ3n) is 0.806. The Labute approximate surface area is 55.5 Å². The van der Waals surface area contributed by atoms with Crippen LogP contribution in [0, 0.1) is 6.92 Å². The van der Waals surface area contributed by atoms with Crippen LogP contribution in [0.15, 0.2) is 0 Å². The van der Waals surface area contributed by atoms with Gasteiger partial charge >= 0.3 is 55.1 Å². The van der Waals surface area contributed by atoms with Crippen molar-refractivity contribution in [3.8, 4) is 0 Å². The number of unbranched alkanes of at least 4 members (excludes halogenated alkanes) is 3. The quantitative estimate of drug-likeness (QED) is 0.354. The van der Waals surface area contributed by atoms with Gasteiger partial charge in [0.05, 0.1) is 0 Å². The third-order valence-corrected chi connectivity index (χ3v) is 1.31. The Bertz CT molecular complexity index is 41.4. The molecule has 0 amide bonds. The van der Waals surface area contributed by atoms with Gasteiger partial charge in [0.2, 0.25) is 0 Å². The van der Waals surface area contributed by atoms with Gasteiger partial charge in [-0.3, -0.25) is 0 Å². The van der Waals surface area contributed by atoms with Gasteiger partial charge in [0.1, 0.15) is 0 Å². The molecule has 43 valence electrons. The Morgan fingerprint density at radius 1 is 1.43 bits per heavy atom. The molecule has 0 saturated heterocycles. The predicted molar refractivity (Wildman–Crippen MR) is 29.9 cm³/mol. The molecule has 0 aromatic heterocycles. The van der Waals surface area contributed by atoms with Crippen molar-refractivity contribution < 1.29 is 17.9 Å². The van der Waals surface area contributed by atoms with E-state index in [9.17, 15) is 0 Å². The van der Waals surface area contributed by atoms with Gasteiger partial charge in [-0.25, -0.2) is 0 Å². The summed E-state index contributed by atoms with van der Waals surface area (Å²) in [5, 5.41) is 0. The first-order valence-corrected chi connectivity index (χ1v) is 3.62. The Balaban J connectivity index is 2.56. The van der Waals surface area contributed by atoms with E-state index in [4.69, 9.17) is 0 Å². The van der Waals surface area contributed by atoms with E-state index < -0.39 is 0 Å². The summed E-state index contributed by atoms with van der Waals surface area (Å²) in [7, 11) is 0. The molecule has 0 fully saturated rings. The van der Waals surface area contributed by atoms with Crippen LogP contribution in [-0.4, -0.2) is 4.61 Å². The SMILES string of the molecule is [CH2-]CCCC[CH]=[Ru+]. The first-order valence-electron chi connectivity index (χ1n) is 2.61.